The average Bonchev–Trinajstić information content (AvgIpc) is 2.45. The molecule has 1 atom stereocenters. The number of piperidine rings is 1. The van der Waals surface area contributed by atoms with Gasteiger partial charge in [-0.3, -0.25) is 4.98 Å². The molecule has 0 aliphatic carbocycles. The van der Waals surface area contributed by atoms with E-state index < -0.39 is 0 Å². The van der Waals surface area contributed by atoms with Gasteiger partial charge < -0.3 is 10.2 Å². The van der Waals surface area contributed by atoms with E-state index in [-0.39, 0.29) is 0 Å². The Labute approximate surface area is 111 Å². The summed E-state index contributed by atoms with van der Waals surface area (Å²) < 4.78 is 0. The molecule has 3 heteroatoms. The van der Waals surface area contributed by atoms with Crippen LogP contribution in [0.1, 0.15) is 44.2 Å². The first-order valence-electron chi connectivity index (χ1n) is 7.22. The lowest BCUT2D eigenvalue weighted by Gasteiger charge is -2.26. The number of nitrogens with one attached hydrogen (secondary N) is 1. The van der Waals surface area contributed by atoms with Crippen molar-refractivity contribution < 1.29 is 0 Å². The molecule has 1 unspecified atom stereocenters. The minimum atomic E-state index is 0.403. The van der Waals surface area contributed by atoms with Gasteiger partial charge in [-0.05, 0) is 64.0 Å². The summed E-state index contributed by atoms with van der Waals surface area (Å²) in [6.45, 7) is 7.15. The third kappa shape index (κ3) is 4.39. The number of pyridine rings is 1. The number of hydrogen-bond acceptors (Lipinski definition) is 3. The van der Waals surface area contributed by atoms with Gasteiger partial charge in [-0.25, -0.2) is 0 Å². The molecule has 0 bridgehead atoms. The van der Waals surface area contributed by atoms with E-state index in [4.69, 9.17) is 0 Å². The van der Waals surface area contributed by atoms with E-state index in [1.165, 1.54) is 50.9 Å². The van der Waals surface area contributed by atoms with Crippen LogP contribution in [-0.2, 0) is 0 Å². The topological polar surface area (TPSA) is 28.2 Å². The van der Waals surface area contributed by atoms with Crippen LogP contribution in [0.25, 0.3) is 0 Å². The van der Waals surface area contributed by atoms with Gasteiger partial charge in [-0.1, -0.05) is 12.5 Å². The van der Waals surface area contributed by atoms with Gasteiger partial charge in [-0.15, -0.1) is 0 Å². The number of rotatable bonds is 6. The van der Waals surface area contributed by atoms with Gasteiger partial charge in [0.15, 0.2) is 0 Å². The zero-order chi connectivity index (χ0) is 12.6. The number of aromatic nitrogens is 1. The Morgan fingerprint density at radius 2 is 2.17 bits per heavy atom. The zero-order valence-electron chi connectivity index (χ0n) is 11.4. The van der Waals surface area contributed by atoms with Crippen molar-refractivity contribution in [1.82, 2.24) is 15.2 Å². The quantitative estimate of drug-likeness (QED) is 0.783. The van der Waals surface area contributed by atoms with Crippen LogP contribution >= 0.6 is 0 Å². The standard InChI is InChI=1S/C15H25N3/c1-14(15-7-5-8-16-13-15)17-9-6-12-18-10-3-2-4-11-18/h5,7-8,13-14,17H,2-4,6,9-12H2,1H3. The van der Waals surface area contributed by atoms with Crippen LogP contribution in [0.3, 0.4) is 0 Å². The second-order valence-electron chi connectivity index (χ2n) is 5.22. The zero-order valence-corrected chi connectivity index (χ0v) is 11.4. The van der Waals surface area contributed by atoms with Crippen molar-refractivity contribution in [3.8, 4) is 0 Å². The van der Waals surface area contributed by atoms with Crippen molar-refractivity contribution in [3.63, 3.8) is 0 Å². The largest absolute Gasteiger partial charge is 0.310 e. The highest BCUT2D eigenvalue weighted by Crippen LogP contribution is 2.10. The van der Waals surface area contributed by atoms with Gasteiger partial charge in [0.1, 0.15) is 0 Å². The Hall–Kier alpha value is -0.930. The van der Waals surface area contributed by atoms with Crippen LogP contribution in [0.4, 0.5) is 0 Å². The summed E-state index contributed by atoms with van der Waals surface area (Å²) in [5, 5.41) is 3.57. The Bertz CT molecular complexity index is 320. The molecule has 1 aliphatic rings. The van der Waals surface area contributed by atoms with E-state index in [1.54, 1.807) is 0 Å². The summed E-state index contributed by atoms with van der Waals surface area (Å²) >= 11 is 0. The van der Waals surface area contributed by atoms with Crippen LogP contribution in [0.2, 0.25) is 0 Å². The van der Waals surface area contributed by atoms with E-state index >= 15 is 0 Å². The highest BCUT2D eigenvalue weighted by molar-refractivity contribution is 5.12. The number of likely N-dealkylation sites (tertiary alicyclic amines) is 1. The first-order valence-corrected chi connectivity index (χ1v) is 7.22. The Balaban J connectivity index is 1.60. The molecule has 1 saturated heterocycles. The summed E-state index contributed by atoms with van der Waals surface area (Å²) in [7, 11) is 0. The van der Waals surface area contributed by atoms with Gasteiger partial charge >= 0.3 is 0 Å². The molecule has 1 N–H and O–H groups in total. The SMILES string of the molecule is CC(NCCCN1CCCCC1)c1cccnc1. The maximum Gasteiger partial charge on any atom is 0.0315 e. The van der Waals surface area contributed by atoms with Gasteiger partial charge in [0.25, 0.3) is 0 Å². The molecule has 100 valence electrons. The lowest BCUT2D eigenvalue weighted by atomic mass is 10.1. The van der Waals surface area contributed by atoms with Crippen molar-refractivity contribution in [3.05, 3.63) is 30.1 Å². The molecule has 1 aromatic rings. The summed E-state index contributed by atoms with van der Waals surface area (Å²) in [6, 6.07) is 4.54. The average molecular weight is 247 g/mol. The first kappa shape index (κ1) is 13.5. The third-order valence-corrected chi connectivity index (χ3v) is 3.73. The molecule has 0 spiro atoms. The Kier molecular flexibility index (Phi) is 5.62. The van der Waals surface area contributed by atoms with Crippen molar-refractivity contribution in [2.45, 2.75) is 38.6 Å². The van der Waals surface area contributed by atoms with Crippen molar-refractivity contribution in [2.24, 2.45) is 0 Å². The second kappa shape index (κ2) is 7.49. The van der Waals surface area contributed by atoms with Crippen LogP contribution in [0.5, 0.6) is 0 Å². The van der Waals surface area contributed by atoms with Crippen LogP contribution in [0, 0.1) is 0 Å². The van der Waals surface area contributed by atoms with E-state index in [1.807, 2.05) is 18.5 Å². The van der Waals surface area contributed by atoms with Gasteiger partial charge in [-0.2, -0.15) is 0 Å². The van der Waals surface area contributed by atoms with Crippen molar-refractivity contribution in [2.75, 3.05) is 26.2 Å². The molecule has 3 nitrogen and oxygen atoms in total. The molecule has 2 rings (SSSR count). The maximum atomic E-state index is 4.16. The minimum absolute atomic E-state index is 0.403. The fraction of sp³-hybridized carbons (Fsp3) is 0.667. The smallest absolute Gasteiger partial charge is 0.0315 e. The molecular weight excluding hydrogens is 222 g/mol. The molecule has 1 aromatic heterocycles. The summed E-state index contributed by atoms with van der Waals surface area (Å²) in [6.07, 6.45) is 9.21. The Morgan fingerprint density at radius 1 is 1.33 bits per heavy atom. The molecule has 0 radical (unpaired) electrons. The van der Waals surface area contributed by atoms with E-state index in [0.29, 0.717) is 6.04 Å². The van der Waals surface area contributed by atoms with Crippen molar-refractivity contribution in [1.29, 1.82) is 0 Å². The van der Waals surface area contributed by atoms with Crippen molar-refractivity contribution >= 4 is 0 Å². The highest BCUT2D eigenvalue weighted by Gasteiger charge is 2.09. The second-order valence-corrected chi connectivity index (χ2v) is 5.22. The summed E-state index contributed by atoms with van der Waals surface area (Å²) in [5.41, 5.74) is 1.27. The van der Waals surface area contributed by atoms with Crippen LogP contribution in [0.15, 0.2) is 24.5 Å². The highest BCUT2D eigenvalue weighted by atomic mass is 15.1. The Morgan fingerprint density at radius 3 is 2.89 bits per heavy atom. The molecule has 2 heterocycles. The maximum absolute atomic E-state index is 4.16. The molecule has 0 saturated carbocycles. The predicted octanol–water partition coefficient (Wildman–Crippen LogP) is 2.61. The van der Waals surface area contributed by atoms with E-state index in [2.05, 4.69) is 28.2 Å². The normalized spacial score (nSPS) is 18.7. The monoisotopic (exact) mass is 247 g/mol. The number of nitrogens with zero attached hydrogens (tertiary/aromatic N) is 2. The molecule has 1 fully saturated rings. The van der Waals surface area contributed by atoms with Gasteiger partial charge in [0.05, 0.1) is 0 Å². The lowest BCUT2D eigenvalue weighted by Crippen LogP contribution is -2.32. The fourth-order valence-electron chi connectivity index (χ4n) is 2.55. The molecular formula is C15H25N3. The molecule has 1 aliphatic heterocycles. The van der Waals surface area contributed by atoms with Crippen LogP contribution in [-0.4, -0.2) is 36.1 Å². The van der Waals surface area contributed by atoms with Gasteiger partial charge in [0, 0.05) is 18.4 Å². The molecule has 0 amide bonds. The number of hydrogen-bond donors (Lipinski definition) is 1. The predicted molar refractivity (Wildman–Crippen MR) is 75.6 cm³/mol. The summed E-state index contributed by atoms with van der Waals surface area (Å²) in [4.78, 5) is 6.76. The fourth-order valence-corrected chi connectivity index (χ4v) is 2.55. The lowest BCUT2D eigenvalue weighted by molar-refractivity contribution is 0.225. The van der Waals surface area contributed by atoms with E-state index in [9.17, 15) is 0 Å². The van der Waals surface area contributed by atoms with E-state index in [0.717, 1.165) is 6.54 Å². The summed E-state index contributed by atoms with van der Waals surface area (Å²) in [5.74, 6) is 0. The van der Waals surface area contributed by atoms with Gasteiger partial charge in [0.2, 0.25) is 0 Å². The molecule has 0 aromatic carbocycles. The minimum Gasteiger partial charge on any atom is -0.310 e. The first-order chi connectivity index (χ1) is 8.86. The molecule has 18 heavy (non-hydrogen) atoms. The van der Waals surface area contributed by atoms with Crippen LogP contribution < -0.4 is 5.32 Å². The third-order valence-electron chi connectivity index (χ3n) is 3.73.